The van der Waals surface area contributed by atoms with Gasteiger partial charge in [0.1, 0.15) is 17.4 Å². The van der Waals surface area contributed by atoms with Crippen molar-refractivity contribution in [3.8, 4) is 11.8 Å². The number of alkyl halides is 3. The molecule has 36 heavy (non-hydrogen) atoms. The van der Waals surface area contributed by atoms with Crippen molar-refractivity contribution in [3.05, 3.63) is 59.1 Å². The zero-order valence-electron chi connectivity index (χ0n) is 18.8. The fraction of sp³-hybridized carbons (Fsp3) is 0.273. The Morgan fingerprint density at radius 1 is 1.03 bits per heavy atom. The summed E-state index contributed by atoms with van der Waals surface area (Å²) < 4.78 is 76.1. The van der Waals surface area contributed by atoms with Gasteiger partial charge in [-0.2, -0.15) is 23.1 Å². The van der Waals surface area contributed by atoms with Crippen LogP contribution < -0.4 is 19.7 Å². The van der Waals surface area contributed by atoms with Crippen molar-refractivity contribution < 1.29 is 31.1 Å². The molecule has 2 aromatic carbocycles. The zero-order valence-corrected chi connectivity index (χ0v) is 20.4. The van der Waals surface area contributed by atoms with E-state index in [0.29, 0.717) is 43.6 Å². The smallest absolute Gasteiger partial charge is 0.417 e. The van der Waals surface area contributed by atoms with E-state index in [1.807, 2.05) is 4.90 Å². The molecule has 0 unspecified atom stereocenters. The van der Waals surface area contributed by atoms with Crippen molar-refractivity contribution >= 4 is 44.6 Å². The van der Waals surface area contributed by atoms with Crippen LogP contribution in [0.15, 0.2) is 48.5 Å². The maximum absolute atomic E-state index is 13.3. The van der Waals surface area contributed by atoms with Gasteiger partial charge in [0.25, 0.3) is 0 Å². The number of hydrogen-bond acceptors (Lipinski definition) is 8. The van der Waals surface area contributed by atoms with Crippen LogP contribution in [0.25, 0.3) is 0 Å². The van der Waals surface area contributed by atoms with Crippen LogP contribution in [0.3, 0.4) is 0 Å². The van der Waals surface area contributed by atoms with Gasteiger partial charge in [-0.25, -0.2) is 8.42 Å². The Morgan fingerprint density at radius 3 is 2.33 bits per heavy atom. The van der Waals surface area contributed by atoms with Gasteiger partial charge in [0.15, 0.2) is 0 Å². The highest BCUT2D eigenvalue weighted by Crippen LogP contribution is 2.37. The van der Waals surface area contributed by atoms with Gasteiger partial charge < -0.3 is 19.7 Å². The highest BCUT2D eigenvalue weighted by molar-refractivity contribution is 7.92. The first kappa shape index (κ1) is 25.8. The lowest BCUT2D eigenvalue weighted by molar-refractivity contribution is -0.137. The summed E-state index contributed by atoms with van der Waals surface area (Å²) in [5, 5.41) is 2.45. The molecule has 0 amide bonds. The Kier molecular flexibility index (Phi) is 7.43. The largest absolute Gasteiger partial charge is 0.424 e. The van der Waals surface area contributed by atoms with Crippen LogP contribution in [0, 0.1) is 0 Å². The zero-order chi connectivity index (χ0) is 25.9. The van der Waals surface area contributed by atoms with E-state index in [1.54, 1.807) is 6.07 Å². The van der Waals surface area contributed by atoms with Crippen LogP contribution in [0.5, 0.6) is 11.8 Å². The summed E-state index contributed by atoms with van der Waals surface area (Å²) >= 11 is 5.72. The Labute approximate surface area is 210 Å². The second-order valence-corrected chi connectivity index (χ2v) is 9.97. The Balaban J connectivity index is 1.63. The normalized spacial score (nSPS) is 14.4. The van der Waals surface area contributed by atoms with E-state index in [4.69, 9.17) is 21.1 Å². The number of benzene rings is 2. The first-order chi connectivity index (χ1) is 17.0. The number of aromatic nitrogens is 2. The highest BCUT2D eigenvalue weighted by Gasteiger charge is 2.33. The van der Waals surface area contributed by atoms with E-state index >= 15 is 0 Å². The molecule has 0 saturated carbocycles. The molecule has 0 aliphatic carbocycles. The van der Waals surface area contributed by atoms with Crippen molar-refractivity contribution in [2.24, 2.45) is 0 Å². The lowest BCUT2D eigenvalue weighted by atomic mass is 10.2. The highest BCUT2D eigenvalue weighted by atomic mass is 35.5. The molecule has 0 spiro atoms. The topological polar surface area (TPSA) is 106 Å². The molecule has 0 bridgehead atoms. The molecule has 3 aromatic rings. The minimum Gasteiger partial charge on any atom is -0.424 e. The molecule has 0 radical (unpaired) electrons. The van der Waals surface area contributed by atoms with Crippen molar-refractivity contribution in [2.75, 3.05) is 47.5 Å². The molecule has 14 heteroatoms. The van der Waals surface area contributed by atoms with Gasteiger partial charge >= 0.3 is 12.2 Å². The second kappa shape index (κ2) is 10.4. The molecule has 1 aromatic heterocycles. The monoisotopic (exact) mass is 543 g/mol. The third-order valence-corrected chi connectivity index (χ3v) is 5.87. The van der Waals surface area contributed by atoms with Gasteiger partial charge in [-0.15, -0.1) is 0 Å². The van der Waals surface area contributed by atoms with Crippen LogP contribution in [0.1, 0.15) is 5.56 Å². The van der Waals surface area contributed by atoms with Gasteiger partial charge in [0.05, 0.1) is 30.1 Å². The number of nitrogens with zero attached hydrogens (tertiary/aromatic N) is 3. The quantitative estimate of drug-likeness (QED) is 0.434. The van der Waals surface area contributed by atoms with E-state index in [0.717, 1.165) is 18.4 Å². The number of nitrogens with one attached hydrogen (secondary N) is 2. The molecular weight excluding hydrogens is 523 g/mol. The van der Waals surface area contributed by atoms with E-state index in [2.05, 4.69) is 20.0 Å². The fourth-order valence-corrected chi connectivity index (χ4v) is 4.14. The minimum atomic E-state index is -4.62. The summed E-state index contributed by atoms with van der Waals surface area (Å²) in [6.45, 7) is 2.09. The molecular formula is C22H21ClF3N5O4S. The Morgan fingerprint density at radius 2 is 1.69 bits per heavy atom. The van der Waals surface area contributed by atoms with Gasteiger partial charge in [-0.1, -0.05) is 11.6 Å². The summed E-state index contributed by atoms with van der Waals surface area (Å²) in [6, 6.07) is 11.1. The molecule has 1 aliphatic heterocycles. The second-order valence-electron chi connectivity index (χ2n) is 7.81. The molecule has 2 N–H and O–H groups in total. The molecule has 0 atom stereocenters. The number of ether oxygens (including phenoxy) is 2. The van der Waals surface area contributed by atoms with Crippen molar-refractivity contribution in [3.63, 3.8) is 0 Å². The molecule has 9 nitrogen and oxygen atoms in total. The fourth-order valence-electron chi connectivity index (χ4n) is 3.36. The van der Waals surface area contributed by atoms with Crippen LogP contribution in [-0.4, -0.2) is 50.9 Å². The summed E-state index contributed by atoms with van der Waals surface area (Å²) in [4.78, 5) is 10.7. The molecule has 4 rings (SSSR count). The number of rotatable bonds is 7. The third-order valence-electron chi connectivity index (χ3n) is 4.94. The number of hydrogen-bond donors (Lipinski definition) is 2. The first-order valence-corrected chi connectivity index (χ1v) is 12.8. The van der Waals surface area contributed by atoms with E-state index in [9.17, 15) is 21.6 Å². The molecule has 192 valence electrons. The third kappa shape index (κ3) is 6.89. The Hall–Kier alpha value is -3.29. The number of sulfonamides is 1. The average molecular weight is 544 g/mol. The van der Waals surface area contributed by atoms with Gasteiger partial charge in [0.2, 0.25) is 10.0 Å². The van der Waals surface area contributed by atoms with Crippen LogP contribution in [0.2, 0.25) is 5.02 Å². The first-order valence-electron chi connectivity index (χ1n) is 10.6. The number of morpholine rings is 1. The predicted molar refractivity (Wildman–Crippen MR) is 130 cm³/mol. The van der Waals surface area contributed by atoms with E-state index in [1.165, 1.54) is 30.3 Å². The molecule has 1 saturated heterocycles. The average Bonchev–Trinajstić information content (AvgIpc) is 2.80. The summed E-state index contributed by atoms with van der Waals surface area (Å²) in [7, 11) is -3.44. The molecule has 2 heterocycles. The van der Waals surface area contributed by atoms with Crippen LogP contribution >= 0.6 is 11.6 Å². The van der Waals surface area contributed by atoms with Gasteiger partial charge in [-0.3, -0.25) is 4.72 Å². The maximum atomic E-state index is 13.3. The number of halogens is 4. The lowest BCUT2D eigenvalue weighted by Crippen LogP contribution is -2.36. The summed E-state index contributed by atoms with van der Waals surface area (Å²) in [5.41, 5.74) is -0.505. The maximum Gasteiger partial charge on any atom is 0.417 e. The minimum absolute atomic E-state index is 0.0599. The van der Waals surface area contributed by atoms with Crippen molar-refractivity contribution in [1.29, 1.82) is 0 Å². The van der Waals surface area contributed by atoms with Crippen LogP contribution in [0.4, 0.5) is 36.2 Å². The molecule has 1 aliphatic rings. The van der Waals surface area contributed by atoms with Gasteiger partial charge in [-0.05, 0) is 42.5 Å². The van der Waals surface area contributed by atoms with Gasteiger partial charge in [0, 0.05) is 30.5 Å². The van der Waals surface area contributed by atoms with Crippen molar-refractivity contribution in [2.45, 2.75) is 6.18 Å². The van der Waals surface area contributed by atoms with E-state index < -0.39 is 26.8 Å². The number of anilines is 4. The van der Waals surface area contributed by atoms with E-state index in [-0.39, 0.29) is 17.5 Å². The van der Waals surface area contributed by atoms with Crippen molar-refractivity contribution in [1.82, 2.24) is 9.97 Å². The molecule has 1 fully saturated rings. The van der Waals surface area contributed by atoms with Crippen LogP contribution in [-0.2, 0) is 20.9 Å². The lowest BCUT2D eigenvalue weighted by Gasteiger charge is -2.28. The Bertz CT molecular complexity index is 1330. The summed E-state index contributed by atoms with van der Waals surface area (Å²) in [5.74, 6) is 1.02. The SMILES string of the molecule is CS(=O)(=O)Nc1ccc(Oc2nc(Nc3ccc(Cl)c(C(F)(F)F)c3)cc(N3CCOCC3)n2)cc1. The predicted octanol–water partition coefficient (Wildman–Crippen LogP) is 4.89. The summed E-state index contributed by atoms with van der Waals surface area (Å²) in [6.07, 6.45) is -3.58. The standard InChI is InChI=1S/C22H21ClF3N5O4S/c1-36(32,33)30-14-2-5-16(6-3-14)35-21-28-19(13-20(29-21)31-8-10-34-11-9-31)27-15-4-7-18(23)17(12-15)22(24,25)26/h2-7,12-13,30H,8-11H2,1H3,(H,27,28,29).